The van der Waals surface area contributed by atoms with Crippen molar-refractivity contribution in [2.45, 2.75) is 25.8 Å². The lowest BCUT2D eigenvalue weighted by molar-refractivity contribution is 0.631. The van der Waals surface area contributed by atoms with Crippen LogP contribution < -0.4 is 5.32 Å². The van der Waals surface area contributed by atoms with E-state index < -0.39 is 0 Å². The Morgan fingerprint density at radius 1 is 1.73 bits per heavy atom. The molecule has 80 valence electrons. The Balaban J connectivity index is 2.95. The van der Waals surface area contributed by atoms with Crippen molar-refractivity contribution in [1.29, 1.82) is 0 Å². The molecule has 0 saturated heterocycles. The van der Waals surface area contributed by atoms with Gasteiger partial charge in [0.15, 0.2) is 0 Å². The van der Waals surface area contributed by atoms with E-state index >= 15 is 0 Å². The zero-order valence-electron chi connectivity index (χ0n) is 8.64. The first-order valence-corrected chi connectivity index (χ1v) is 5.75. The molecule has 1 atom stereocenters. The lowest BCUT2D eigenvalue weighted by atomic mass is 10.0. The van der Waals surface area contributed by atoms with Crippen molar-refractivity contribution < 1.29 is 0 Å². The number of halogens is 2. The number of nitrogens with one attached hydrogen (secondary N) is 1. The maximum atomic E-state index is 5.80. The summed E-state index contributed by atoms with van der Waals surface area (Å²) in [5, 5.41) is 3.79. The summed E-state index contributed by atoms with van der Waals surface area (Å²) in [6, 6.07) is 1.78. The number of aromatic nitrogens is 1. The van der Waals surface area contributed by atoms with Crippen LogP contribution in [0.4, 0.5) is 5.82 Å². The first kappa shape index (κ1) is 12.4. The van der Waals surface area contributed by atoms with E-state index in [9.17, 15) is 0 Å². The predicted octanol–water partition coefficient (Wildman–Crippen LogP) is 3.71. The Morgan fingerprint density at radius 2 is 2.40 bits per heavy atom. The van der Waals surface area contributed by atoms with Crippen molar-refractivity contribution in [3.8, 4) is 12.3 Å². The first-order valence-electron chi connectivity index (χ1n) is 4.58. The molecule has 0 aromatic carbocycles. The fourth-order valence-corrected chi connectivity index (χ4v) is 1.73. The largest absolute Gasteiger partial charge is 0.353 e. The average Bonchev–Trinajstić information content (AvgIpc) is 2.22. The Hall–Kier alpha value is -0.720. The molecule has 1 unspecified atom stereocenters. The summed E-state index contributed by atoms with van der Waals surface area (Å²) in [7, 11) is 0. The van der Waals surface area contributed by atoms with Crippen LogP contribution >= 0.6 is 27.5 Å². The Morgan fingerprint density at radius 3 is 2.87 bits per heavy atom. The molecule has 1 heterocycles. The minimum atomic E-state index is -0.386. The van der Waals surface area contributed by atoms with Gasteiger partial charge in [-0.3, -0.25) is 0 Å². The molecular formula is C11H12BrClN2. The summed E-state index contributed by atoms with van der Waals surface area (Å²) in [5.41, 5.74) is -0.386. The van der Waals surface area contributed by atoms with Crippen LogP contribution in [-0.2, 0) is 0 Å². The Labute approximate surface area is 104 Å². The lowest BCUT2D eigenvalue weighted by Crippen LogP contribution is -2.32. The number of nitrogens with zero attached hydrogens (tertiary/aromatic N) is 1. The van der Waals surface area contributed by atoms with E-state index in [1.807, 2.05) is 13.8 Å². The molecule has 0 aliphatic heterocycles. The van der Waals surface area contributed by atoms with Crippen LogP contribution in [0.15, 0.2) is 16.7 Å². The third-order valence-electron chi connectivity index (χ3n) is 2.23. The molecule has 1 rings (SSSR count). The van der Waals surface area contributed by atoms with Crippen molar-refractivity contribution in [1.82, 2.24) is 4.98 Å². The van der Waals surface area contributed by atoms with Gasteiger partial charge in [0.25, 0.3) is 0 Å². The zero-order chi connectivity index (χ0) is 11.5. The second-order valence-corrected chi connectivity index (χ2v) is 4.73. The van der Waals surface area contributed by atoms with Crippen LogP contribution in [0.3, 0.4) is 0 Å². The van der Waals surface area contributed by atoms with Gasteiger partial charge < -0.3 is 5.32 Å². The van der Waals surface area contributed by atoms with Crippen molar-refractivity contribution in [3.05, 3.63) is 21.8 Å². The minimum Gasteiger partial charge on any atom is -0.353 e. The highest BCUT2D eigenvalue weighted by atomic mass is 79.9. The molecule has 4 heteroatoms. The fourth-order valence-electron chi connectivity index (χ4n) is 0.994. The second kappa shape index (κ2) is 4.87. The van der Waals surface area contributed by atoms with E-state index in [0.29, 0.717) is 10.8 Å². The van der Waals surface area contributed by atoms with Crippen molar-refractivity contribution >= 4 is 33.3 Å². The van der Waals surface area contributed by atoms with Crippen LogP contribution in [0, 0.1) is 12.3 Å². The van der Waals surface area contributed by atoms with Gasteiger partial charge in [0.05, 0.1) is 15.0 Å². The van der Waals surface area contributed by atoms with Crippen LogP contribution in [0.2, 0.25) is 5.02 Å². The molecule has 2 nitrogen and oxygen atoms in total. The number of terminal acetylenes is 1. The fraction of sp³-hybridized carbons (Fsp3) is 0.364. The maximum Gasteiger partial charge on any atom is 0.141 e. The Bertz CT molecular complexity index is 400. The topological polar surface area (TPSA) is 24.9 Å². The minimum absolute atomic E-state index is 0.386. The number of hydrogen-bond donors (Lipinski definition) is 1. The van der Waals surface area contributed by atoms with E-state index in [1.54, 1.807) is 12.3 Å². The van der Waals surface area contributed by atoms with Gasteiger partial charge in [0, 0.05) is 6.20 Å². The highest BCUT2D eigenvalue weighted by Gasteiger charge is 2.19. The monoisotopic (exact) mass is 286 g/mol. The van der Waals surface area contributed by atoms with E-state index in [4.69, 9.17) is 18.0 Å². The molecule has 0 saturated carbocycles. The van der Waals surface area contributed by atoms with Crippen molar-refractivity contribution in [2.24, 2.45) is 0 Å². The van der Waals surface area contributed by atoms with Gasteiger partial charge in [-0.15, -0.1) is 6.42 Å². The summed E-state index contributed by atoms with van der Waals surface area (Å²) >= 11 is 9.18. The number of anilines is 1. The number of rotatable bonds is 3. The molecule has 15 heavy (non-hydrogen) atoms. The van der Waals surface area contributed by atoms with Crippen LogP contribution in [-0.4, -0.2) is 10.5 Å². The first-order chi connectivity index (χ1) is 7.00. The van der Waals surface area contributed by atoms with Gasteiger partial charge in [-0.05, 0) is 35.3 Å². The van der Waals surface area contributed by atoms with E-state index in [-0.39, 0.29) is 5.54 Å². The van der Waals surface area contributed by atoms with Gasteiger partial charge >= 0.3 is 0 Å². The van der Waals surface area contributed by atoms with E-state index in [2.05, 4.69) is 32.2 Å². The van der Waals surface area contributed by atoms with Gasteiger partial charge in [-0.1, -0.05) is 24.4 Å². The number of pyridine rings is 1. The van der Waals surface area contributed by atoms with Gasteiger partial charge in [0.2, 0.25) is 0 Å². The summed E-state index contributed by atoms with van der Waals surface area (Å²) in [6.45, 7) is 3.98. The molecule has 0 amide bonds. The van der Waals surface area contributed by atoms with E-state index in [0.717, 1.165) is 10.9 Å². The van der Waals surface area contributed by atoms with Crippen molar-refractivity contribution in [3.63, 3.8) is 0 Å². The van der Waals surface area contributed by atoms with Crippen LogP contribution in [0.25, 0.3) is 0 Å². The number of hydrogen-bond acceptors (Lipinski definition) is 2. The normalized spacial score (nSPS) is 14.1. The second-order valence-electron chi connectivity index (χ2n) is 3.44. The molecule has 0 aliphatic carbocycles. The van der Waals surface area contributed by atoms with Gasteiger partial charge in [0.1, 0.15) is 5.82 Å². The molecule has 0 bridgehead atoms. The molecular weight excluding hydrogens is 275 g/mol. The lowest BCUT2D eigenvalue weighted by Gasteiger charge is -2.24. The summed E-state index contributed by atoms with van der Waals surface area (Å²) in [4.78, 5) is 4.17. The third kappa shape index (κ3) is 3.12. The summed E-state index contributed by atoms with van der Waals surface area (Å²) in [6.07, 6.45) is 7.87. The zero-order valence-corrected chi connectivity index (χ0v) is 11.0. The Kier molecular flexibility index (Phi) is 4.01. The predicted molar refractivity (Wildman–Crippen MR) is 68.1 cm³/mol. The molecule has 1 N–H and O–H groups in total. The summed E-state index contributed by atoms with van der Waals surface area (Å²) in [5.74, 6) is 3.42. The van der Waals surface area contributed by atoms with Crippen LogP contribution in [0.5, 0.6) is 0 Å². The molecule has 0 spiro atoms. The highest BCUT2D eigenvalue weighted by Crippen LogP contribution is 2.26. The molecule has 1 aromatic heterocycles. The SMILES string of the molecule is C#CC(C)(CC)Nc1ncc(Cl)cc1Br. The maximum absolute atomic E-state index is 5.80. The molecule has 0 fully saturated rings. The molecule has 0 radical (unpaired) electrons. The van der Waals surface area contributed by atoms with E-state index in [1.165, 1.54) is 0 Å². The average molecular weight is 288 g/mol. The standard InChI is InChI=1S/C11H12BrClN2/c1-4-11(3,5-2)15-10-9(12)6-8(13)7-14-10/h1,6-7H,5H2,2-3H3,(H,14,15). The molecule has 0 aliphatic rings. The smallest absolute Gasteiger partial charge is 0.141 e. The van der Waals surface area contributed by atoms with Crippen molar-refractivity contribution in [2.75, 3.05) is 5.32 Å². The third-order valence-corrected chi connectivity index (χ3v) is 3.04. The summed E-state index contributed by atoms with van der Waals surface area (Å²) < 4.78 is 0.810. The molecule has 1 aromatic rings. The quantitative estimate of drug-likeness (QED) is 0.857. The van der Waals surface area contributed by atoms with Gasteiger partial charge in [-0.25, -0.2) is 4.98 Å². The van der Waals surface area contributed by atoms with Gasteiger partial charge in [-0.2, -0.15) is 0 Å². The van der Waals surface area contributed by atoms with Crippen LogP contribution in [0.1, 0.15) is 20.3 Å². The highest BCUT2D eigenvalue weighted by molar-refractivity contribution is 9.10.